The van der Waals surface area contributed by atoms with Gasteiger partial charge in [-0.05, 0) is 37.9 Å². The second-order valence-corrected chi connectivity index (χ2v) is 4.83. The van der Waals surface area contributed by atoms with Crippen molar-refractivity contribution in [2.24, 2.45) is 5.73 Å². The molecule has 0 saturated carbocycles. The fourth-order valence-electron chi connectivity index (χ4n) is 1.90. The minimum absolute atomic E-state index is 0.0562. The van der Waals surface area contributed by atoms with Crippen LogP contribution in [-0.2, 0) is 9.59 Å². The van der Waals surface area contributed by atoms with Crippen LogP contribution in [0, 0.1) is 10.1 Å². The molecule has 0 radical (unpaired) electrons. The number of anilines is 1. The quantitative estimate of drug-likeness (QED) is 0.377. The molecule has 0 aliphatic carbocycles. The van der Waals surface area contributed by atoms with Crippen LogP contribution in [0.3, 0.4) is 0 Å². The third-order valence-electron chi connectivity index (χ3n) is 2.99. The lowest BCUT2D eigenvalue weighted by molar-refractivity contribution is -0.384. The zero-order valence-corrected chi connectivity index (χ0v) is 12.4. The fourth-order valence-corrected chi connectivity index (χ4v) is 1.90. The third-order valence-corrected chi connectivity index (χ3v) is 2.99. The van der Waals surface area contributed by atoms with Gasteiger partial charge in [0.05, 0.1) is 4.92 Å². The van der Waals surface area contributed by atoms with Crippen molar-refractivity contribution in [1.29, 1.82) is 0 Å². The Balaban J connectivity index is 2.68. The summed E-state index contributed by atoms with van der Waals surface area (Å²) in [7, 11) is 0. The molecule has 0 spiro atoms. The lowest BCUT2D eigenvalue weighted by Crippen LogP contribution is -2.42. The van der Waals surface area contributed by atoms with Crippen LogP contribution >= 0.6 is 0 Å². The maximum absolute atomic E-state index is 12.2. The van der Waals surface area contributed by atoms with E-state index in [1.807, 2.05) is 0 Å². The first kappa shape index (κ1) is 17.6. The van der Waals surface area contributed by atoms with Crippen molar-refractivity contribution in [1.82, 2.24) is 5.32 Å². The molecular weight excluding hydrogens is 288 g/mol. The standard InChI is InChI=1S/C14H20N4O4/c1-10(19)16-13(4-2-3-9-15)14(20)17-11-5-7-12(8-6-11)18(21)22/h5-8,13H,2-4,9,15H2,1H3,(H,16,19)(H,17,20)/t13-/m1/s1. The maximum atomic E-state index is 12.2. The first-order valence-corrected chi connectivity index (χ1v) is 6.96. The lowest BCUT2D eigenvalue weighted by Gasteiger charge is -2.17. The number of non-ortho nitro benzene ring substituents is 1. The first-order chi connectivity index (χ1) is 10.4. The van der Waals surface area contributed by atoms with Crippen molar-refractivity contribution in [3.63, 3.8) is 0 Å². The molecule has 1 rings (SSSR count). The van der Waals surface area contributed by atoms with E-state index in [4.69, 9.17) is 5.73 Å². The van der Waals surface area contributed by atoms with E-state index in [0.29, 0.717) is 18.7 Å². The van der Waals surface area contributed by atoms with Crippen molar-refractivity contribution >= 4 is 23.2 Å². The number of carbonyl (C=O) groups is 2. The summed E-state index contributed by atoms with van der Waals surface area (Å²) in [5, 5.41) is 15.8. The SMILES string of the molecule is CC(=O)N[C@H](CCCCN)C(=O)Nc1ccc([N+](=O)[O-])cc1. The Morgan fingerprint density at radius 1 is 1.27 bits per heavy atom. The smallest absolute Gasteiger partial charge is 0.269 e. The lowest BCUT2D eigenvalue weighted by atomic mass is 10.1. The molecular formula is C14H20N4O4. The minimum atomic E-state index is -0.653. The molecule has 0 aromatic heterocycles. The number of nitro benzene ring substituents is 1. The molecule has 1 aromatic rings. The van der Waals surface area contributed by atoms with Gasteiger partial charge >= 0.3 is 0 Å². The number of nitrogens with two attached hydrogens (primary N) is 1. The summed E-state index contributed by atoms with van der Waals surface area (Å²) in [6.45, 7) is 1.87. The van der Waals surface area contributed by atoms with Gasteiger partial charge < -0.3 is 16.4 Å². The van der Waals surface area contributed by atoms with Gasteiger partial charge in [0.1, 0.15) is 6.04 Å². The van der Waals surface area contributed by atoms with Crippen LogP contribution in [0.1, 0.15) is 26.2 Å². The van der Waals surface area contributed by atoms with Crippen molar-refractivity contribution in [2.75, 3.05) is 11.9 Å². The molecule has 0 bridgehead atoms. The van der Waals surface area contributed by atoms with Crippen molar-refractivity contribution < 1.29 is 14.5 Å². The molecule has 22 heavy (non-hydrogen) atoms. The highest BCUT2D eigenvalue weighted by Crippen LogP contribution is 2.16. The van der Waals surface area contributed by atoms with Crippen LogP contribution in [0.2, 0.25) is 0 Å². The summed E-state index contributed by atoms with van der Waals surface area (Å²) in [5.41, 5.74) is 5.79. The number of benzene rings is 1. The molecule has 2 amide bonds. The molecule has 0 saturated heterocycles. The molecule has 0 aliphatic heterocycles. The molecule has 8 heteroatoms. The highest BCUT2D eigenvalue weighted by atomic mass is 16.6. The zero-order chi connectivity index (χ0) is 16.5. The van der Waals surface area contributed by atoms with Crippen LogP contribution in [0.25, 0.3) is 0 Å². The van der Waals surface area contributed by atoms with Crippen LogP contribution in [-0.4, -0.2) is 29.3 Å². The number of nitrogens with zero attached hydrogens (tertiary/aromatic N) is 1. The Morgan fingerprint density at radius 3 is 2.41 bits per heavy atom. The normalized spacial score (nSPS) is 11.5. The number of unbranched alkanes of at least 4 members (excludes halogenated alkanes) is 1. The van der Waals surface area contributed by atoms with Gasteiger partial charge in [0, 0.05) is 24.7 Å². The second kappa shape index (κ2) is 8.73. The van der Waals surface area contributed by atoms with E-state index >= 15 is 0 Å². The number of carbonyl (C=O) groups excluding carboxylic acids is 2. The van der Waals surface area contributed by atoms with Gasteiger partial charge in [0.2, 0.25) is 11.8 Å². The van der Waals surface area contributed by atoms with E-state index in [0.717, 1.165) is 12.8 Å². The predicted octanol–water partition coefficient (Wildman–Crippen LogP) is 1.17. The average Bonchev–Trinajstić information content (AvgIpc) is 2.46. The molecule has 0 heterocycles. The van der Waals surface area contributed by atoms with Crippen LogP contribution in [0.15, 0.2) is 24.3 Å². The number of amides is 2. The van der Waals surface area contributed by atoms with Gasteiger partial charge in [-0.2, -0.15) is 0 Å². The molecule has 0 fully saturated rings. The number of nitro groups is 1. The van der Waals surface area contributed by atoms with E-state index < -0.39 is 11.0 Å². The first-order valence-electron chi connectivity index (χ1n) is 6.96. The highest BCUT2D eigenvalue weighted by molar-refractivity contribution is 5.96. The Labute approximate surface area is 128 Å². The van der Waals surface area contributed by atoms with Crippen molar-refractivity contribution in [3.8, 4) is 0 Å². The van der Waals surface area contributed by atoms with E-state index in [1.165, 1.54) is 31.2 Å². The molecule has 120 valence electrons. The van der Waals surface area contributed by atoms with Gasteiger partial charge in [0.15, 0.2) is 0 Å². The van der Waals surface area contributed by atoms with Crippen molar-refractivity contribution in [2.45, 2.75) is 32.2 Å². The monoisotopic (exact) mass is 308 g/mol. The van der Waals surface area contributed by atoms with Gasteiger partial charge in [-0.1, -0.05) is 0 Å². The summed E-state index contributed by atoms with van der Waals surface area (Å²) in [5.74, 6) is -0.655. The topological polar surface area (TPSA) is 127 Å². The van der Waals surface area contributed by atoms with Gasteiger partial charge in [-0.3, -0.25) is 19.7 Å². The largest absolute Gasteiger partial charge is 0.345 e. The summed E-state index contributed by atoms with van der Waals surface area (Å²) in [4.78, 5) is 33.4. The van der Waals surface area contributed by atoms with E-state index in [-0.39, 0.29) is 17.5 Å². The second-order valence-electron chi connectivity index (χ2n) is 4.83. The van der Waals surface area contributed by atoms with E-state index in [9.17, 15) is 19.7 Å². The fraction of sp³-hybridized carbons (Fsp3) is 0.429. The number of hydrogen-bond donors (Lipinski definition) is 3. The van der Waals surface area contributed by atoms with Gasteiger partial charge in [-0.15, -0.1) is 0 Å². The molecule has 8 nitrogen and oxygen atoms in total. The Kier molecular flexibility index (Phi) is 6.97. The van der Waals surface area contributed by atoms with Crippen LogP contribution in [0.4, 0.5) is 11.4 Å². The summed E-state index contributed by atoms with van der Waals surface area (Å²) >= 11 is 0. The van der Waals surface area contributed by atoms with Gasteiger partial charge in [-0.25, -0.2) is 0 Å². The number of rotatable bonds is 8. The summed E-state index contributed by atoms with van der Waals surface area (Å²) < 4.78 is 0. The molecule has 4 N–H and O–H groups in total. The van der Waals surface area contributed by atoms with E-state index in [2.05, 4.69) is 10.6 Å². The zero-order valence-electron chi connectivity index (χ0n) is 12.4. The third kappa shape index (κ3) is 5.88. The molecule has 1 atom stereocenters. The average molecular weight is 308 g/mol. The van der Waals surface area contributed by atoms with E-state index in [1.54, 1.807) is 0 Å². The van der Waals surface area contributed by atoms with Crippen LogP contribution < -0.4 is 16.4 Å². The number of hydrogen-bond acceptors (Lipinski definition) is 5. The number of nitrogens with one attached hydrogen (secondary N) is 2. The predicted molar refractivity (Wildman–Crippen MR) is 82.2 cm³/mol. The Morgan fingerprint density at radius 2 is 1.91 bits per heavy atom. The van der Waals surface area contributed by atoms with Gasteiger partial charge in [0.25, 0.3) is 5.69 Å². The van der Waals surface area contributed by atoms with Crippen LogP contribution in [0.5, 0.6) is 0 Å². The Bertz CT molecular complexity index is 530. The Hall–Kier alpha value is -2.48. The molecule has 0 unspecified atom stereocenters. The van der Waals surface area contributed by atoms with Crippen molar-refractivity contribution in [3.05, 3.63) is 34.4 Å². The summed E-state index contributed by atoms with van der Waals surface area (Å²) in [6.07, 6.45) is 1.96. The molecule has 1 aromatic carbocycles. The molecule has 0 aliphatic rings. The summed E-state index contributed by atoms with van der Waals surface area (Å²) in [6, 6.07) is 4.84. The highest BCUT2D eigenvalue weighted by Gasteiger charge is 2.19. The minimum Gasteiger partial charge on any atom is -0.345 e. The maximum Gasteiger partial charge on any atom is 0.269 e.